The standard InChI is InChI=1S/C69H133NO10/c1-3-5-7-9-11-13-15-17-19-21-23-25-27-29-31-33-35-37-39-41-43-45-47-49-51-53-55-57-62(73)68(78)70-60(59-79-69-67(77)66(76)65(75)63(58-71)80-69)64(74)61(72)56-54-52-50-48-46-44-42-40-38-36-34-32-30-28-26-24-22-20-18-16-14-12-10-8-6-4-2/h29,31,48,50,60-67,69,71-77H,3-28,30,32-47,49,51-59H2,1-2H3,(H,70,78)/b31-29-,50-48+. The van der Waals surface area contributed by atoms with Crippen molar-refractivity contribution in [2.24, 2.45) is 0 Å². The van der Waals surface area contributed by atoms with Gasteiger partial charge in [-0.3, -0.25) is 4.79 Å². The summed E-state index contributed by atoms with van der Waals surface area (Å²) >= 11 is 0. The van der Waals surface area contributed by atoms with Gasteiger partial charge >= 0.3 is 0 Å². The maximum Gasteiger partial charge on any atom is 0.249 e. The molecule has 0 saturated carbocycles. The first-order valence-electron chi connectivity index (χ1n) is 34.7. The van der Waals surface area contributed by atoms with Gasteiger partial charge in [0, 0.05) is 0 Å². The Bertz CT molecular complexity index is 1350. The lowest BCUT2D eigenvalue weighted by Crippen LogP contribution is -2.60. The van der Waals surface area contributed by atoms with E-state index in [9.17, 15) is 40.5 Å². The van der Waals surface area contributed by atoms with Crippen molar-refractivity contribution < 1.29 is 50.0 Å². The van der Waals surface area contributed by atoms with E-state index in [-0.39, 0.29) is 12.8 Å². The average Bonchev–Trinajstić information content (AvgIpc) is 3.47. The Morgan fingerprint density at radius 1 is 0.425 bits per heavy atom. The Morgan fingerprint density at radius 2 is 0.738 bits per heavy atom. The lowest BCUT2D eigenvalue weighted by molar-refractivity contribution is -0.303. The normalized spacial score (nSPS) is 19.3. The van der Waals surface area contributed by atoms with Crippen molar-refractivity contribution in [1.29, 1.82) is 0 Å². The van der Waals surface area contributed by atoms with E-state index in [1.807, 2.05) is 0 Å². The van der Waals surface area contributed by atoms with E-state index in [1.54, 1.807) is 0 Å². The molecule has 0 spiro atoms. The first-order valence-corrected chi connectivity index (χ1v) is 34.7. The van der Waals surface area contributed by atoms with Gasteiger partial charge in [0.1, 0.15) is 36.6 Å². The van der Waals surface area contributed by atoms with E-state index in [0.717, 1.165) is 38.5 Å². The minimum atomic E-state index is -1.67. The highest BCUT2D eigenvalue weighted by Crippen LogP contribution is 2.24. The van der Waals surface area contributed by atoms with Crippen LogP contribution in [-0.2, 0) is 14.3 Å². The van der Waals surface area contributed by atoms with Crippen LogP contribution in [0.3, 0.4) is 0 Å². The summed E-state index contributed by atoms with van der Waals surface area (Å²) in [6.45, 7) is 3.50. The number of aliphatic hydroxyl groups excluding tert-OH is 7. The van der Waals surface area contributed by atoms with Gasteiger partial charge < -0.3 is 50.5 Å². The van der Waals surface area contributed by atoms with Crippen molar-refractivity contribution >= 4 is 5.91 Å². The zero-order valence-electron chi connectivity index (χ0n) is 52.3. The molecule has 0 aliphatic carbocycles. The maximum atomic E-state index is 13.2. The number of aliphatic hydroxyl groups is 7. The number of hydrogen-bond acceptors (Lipinski definition) is 10. The number of nitrogens with one attached hydrogen (secondary N) is 1. The largest absolute Gasteiger partial charge is 0.394 e. The highest BCUT2D eigenvalue weighted by Gasteiger charge is 2.44. The summed E-state index contributed by atoms with van der Waals surface area (Å²) in [5.41, 5.74) is 0. The molecule has 9 atom stereocenters. The molecule has 1 aliphatic heterocycles. The van der Waals surface area contributed by atoms with Gasteiger partial charge in [0.05, 0.1) is 25.4 Å². The van der Waals surface area contributed by atoms with E-state index >= 15 is 0 Å². The lowest BCUT2D eigenvalue weighted by atomic mass is 9.98. The Hall–Kier alpha value is -1.41. The molecular formula is C69H133NO10. The monoisotopic (exact) mass is 1140 g/mol. The van der Waals surface area contributed by atoms with Crippen LogP contribution in [0.15, 0.2) is 24.3 Å². The quantitative estimate of drug-likeness (QED) is 0.0215. The van der Waals surface area contributed by atoms with Gasteiger partial charge in [-0.25, -0.2) is 0 Å². The molecule has 0 bridgehead atoms. The molecule has 9 unspecified atom stereocenters. The Labute approximate surface area is 493 Å². The van der Waals surface area contributed by atoms with Crippen LogP contribution in [0.5, 0.6) is 0 Å². The van der Waals surface area contributed by atoms with Gasteiger partial charge in [-0.2, -0.15) is 0 Å². The smallest absolute Gasteiger partial charge is 0.249 e. The van der Waals surface area contributed by atoms with Gasteiger partial charge in [-0.1, -0.05) is 301 Å². The molecule has 1 saturated heterocycles. The molecule has 80 heavy (non-hydrogen) atoms. The molecule has 11 heteroatoms. The van der Waals surface area contributed by atoms with Crippen molar-refractivity contribution in [2.75, 3.05) is 13.2 Å². The van der Waals surface area contributed by atoms with E-state index < -0.39 is 74.2 Å². The molecule has 1 fully saturated rings. The summed E-state index contributed by atoms with van der Waals surface area (Å²) in [6.07, 6.45) is 61.2. The molecule has 8 N–H and O–H groups in total. The van der Waals surface area contributed by atoms with Crippen LogP contribution in [0, 0.1) is 0 Å². The number of unbranched alkanes of at least 4 members (excludes halogenated alkanes) is 45. The zero-order chi connectivity index (χ0) is 58.2. The molecule has 11 nitrogen and oxygen atoms in total. The summed E-state index contributed by atoms with van der Waals surface area (Å²) in [6, 6.07) is -1.19. The molecule has 474 valence electrons. The average molecular weight is 1140 g/mol. The highest BCUT2D eigenvalue weighted by atomic mass is 16.7. The van der Waals surface area contributed by atoms with E-state index in [4.69, 9.17) is 9.47 Å². The predicted molar refractivity (Wildman–Crippen MR) is 335 cm³/mol. The van der Waals surface area contributed by atoms with Gasteiger partial charge in [-0.05, 0) is 64.2 Å². The fourth-order valence-corrected chi connectivity index (χ4v) is 11.4. The Kier molecular flexibility index (Phi) is 55.5. The lowest BCUT2D eigenvalue weighted by Gasteiger charge is -2.40. The first-order chi connectivity index (χ1) is 39.2. The number of carbonyl (C=O) groups excluding carboxylic acids is 1. The third-order valence-corrected chi connectivity index (χ3v) is 17.0. The minimum absolute atomic E-state index is 0.255. The van der Waals surface area contributed by atoms with Crippen molar-refractivity contribution in [1.82, 2.24) is 5.32 Å². The summed E-state index contributed by atoms with van der Waals surface area (Å²) in [5.74, 6) is -0.701. The molecule has 0 aromatic rings. The van der Waals surface area contributed by atoms with E-state index in [2.05, 4.69) is 43.5 Å². The second-order valence-electron chi connectivity index (χ2n) is 24.6. The third-order valence-electron chi connectivity index (χ3n) is 17.0. The maximum absolute atomic E-state index is 13.2. The van der Waals surface area contributed by atoms with Gasteiger partial charge in [0.2, 0.25) is 5.91 Å². The Balaban J connectivity index is 2.23. The molecule has 1 aliphatic rings. The molecular weight excluding hydrogens is 1000 g/mol. The van der Waals surface area contributed by atoms with Gasteiger partial charge in [-0.15, -0.1) is 0 Å². The number of hydrogen-bond donors (Lipinski definition) is 8. The number of carbonyl (C=O) groups is 1. The van der Waals surface area contributed by atoms with Crippen molar-refractivity contribution in [3.8, 4) is 0 Å². The number of ether oxygens (including phenoxy) is 2. The number of rotatable bonds is 61. The Morgan fingerprint density at radius 3 is 1.07 bits per heavy atom. The fourth-order valence-electron chi connectivity index (χ4n) is 11.4. The summed E-state index contributed by atoms with van der Waals surface area (Å²) in [5, 5.41) is 76.5. The summed E-state index contributed by atoms with van der Waals surface area (Å²) in [7, 11) is 0. The second-order valence-corrected chi connectivity index (χ2v) is 24.6. The van der Waals surface area contributed by atoms with Crippen LogP contribution in [-0.4, -0.2) is 110 Å². The van der Waals surface area contributed by atoms with Gasteiger partial charge in [0.15, 0.2) is 6.29 Å². The van der Waals surface area contributed by atoms with Crippen LogP contribution >= 0.6 is 0 Å². The fraction of sp³-hybridized carbons (Fsp3) is 0.928. The minimum Gasteiger partial charge on any atom is -0.394 e. The highest BCUT2D eigenvalue weighted by molar-refractivity contribution is 5.80. The number of amides is 1. The van der Waals surface area contributed by atoms with Crippen LogP contribution in [0.4, 0.5) is 0 Å². The molecule has 1 rings (SSSR count). The SMILES string of the molecule is CCCCCCCCCCCCCC/C=C\CCCCCCCCCCCCCC(O)C(=O)NC(COC1OC(CO)C(O)C(O)C1O)C(O)C(O)CCC/C=C/CCCCCCCCCCCCCCCCCCCCCCC. The van der Waals surface area contributed by atoms with Crippen LogP contribution in [0.25, 0.3) is 0 Å². The third kappa shape index (κ3) is 45.0. The predicted octanol–water partition coefficient (Wildman–Crippen LogP) is 16.4. The second kappa shape index (κ2) is 58.0. The van der Waals surface area contributed by atoms with Crippen LogP contribution < -0.4 is 5.32 Å². The van der Waals surface area contributed by atoms with Crippen molar-refractivity contribution in [3.05, 3.63) is 24.3 Å². The van der Waals surface area contributed by atoms with Crippen LogP contribution in [0.2, 0.25) is 0 Å². The zero-order valence-corrected chi connectivity index (χ0v) is 52.3. The molecule has 0 aromatic heterocycles. The van der Waals surface area contributed by atoms with Gasteiger partial charge in [0.25, 0.3) is 0 Å². The topological polar surface area (TPSA) is 189 Å². The molecule has 0 aromatic carbocycles. The first kappa shape index (κ1) is 76.6. The van der Waals surface area contributed by atoms with E-state index in [1.165, 1.54) is 263 Å². The molecule has 0 radical (unpaired) electrons. The van der Waals surface area contributed by atoms with Crippen LogP contribution in [0.1, 0.15) is 341 Å². The summed E-state index contributed by atoms with van der Waals surface area (Å²) < 4.78 is 11.2. The summed E-state index contributed by atoms with van der Waals surface area (Å²) in [4.78, 5) is 13.2. The number of allylic oxidation sites excluding steroid dienone is 4. The van der Waals surface area contributed by atoms with E-state index in [0.29, 0.717) is 12.8 Å². The molecule has 1 heterocycles. The van der Waals surface area contributed by atoms with Crippen molar-refractivity contribution in [3.63, 3.8) is 0 Å². The molecule has 1 amide bonds. The van der Waals surface area contributed by atoms with Crippen molar-refractivity contribution in [2.45, 2.75) is 396 Å².